The van der Waals surface area contributed by atoms with E-state index in [9.17, 15) is 4.79 Å². The van der Waals surface area contributed by atoms with Crippen molar-refractivity contribution in [3.05, 3.63) is 29.3 Å². The van der Waals surface area contributed by atoms with Crippen LogP contribution in [0, 0.1) is 0 Å². The van der Waals surface area contributed by atoms with E-state index in [4.69, 9.17) is 23.8 Å². The Bertz CT molecular complexity index is 551. The van der Waals surface area contributed by atoms with Crippen LogP contribution >= 0.6 is 23.8 Å². The number of carbonyl (C=O) groups excluding carboxylic acids is 1. The minimum Gasteiger partial charge on any atom is -0.357 e. The fraction of sp³-hybridized carbons (Fsp3) is 0.429. The van der Waals surface area contributed by atoms with Gasteiger partial charge < -0.3 is 10.6 Å². The Kier molecular flexibility index (Phi) is 3.81. The lowest BCUT2D eigenvalue weighted by Crippen LogP contribution is -2.44. The summed E-state index contributed by atoms with van der Waals surface area (Å²) >= 11 is 11.2. The first-order valence-electron chi connectivity index (χ1n) is 6.81. The molecule has 20 heavy (non-hydrogen) atoms. The second kappa shape index (κ2) is 5.58. The Labute approximate surface area is 128 Å². The minimum atomic E-state index is -0.181. The molecule has 4 nitrogen and oxygen atoms in total. The number of amides is 2. The molecule has 1 aromatic rings. The second-order valence-electron chi connectivity index (χ2n) is 5.22. The molecule has 3 rings (SSSR count). The maximum absolute atomic E-state index is 12.4. The van der Waals surface area contributed by atoms with E-state index in [1.165, 1.54) is 6.42 Å². The van der Waals surface area contributed by atoms with Crippen LogP contribution in [0.5, 0.6) is 0 Å². The van der Waals surface area contributed by atoms with Crippen molar-refractivity contribution in [2.24, 2.45) is 0 Å². The van der Waals surface area contributed by atoms with Crippen molar-refractivity contribution in [2.75, 3.05) is 5.32 Å². The predicted octanol–water partition coefficient (Wildman–Crippen LogP) is 3.37. The molecule has 1 saturated heterocycles. The number of rotatable bonds is 1. The molecule has 1 heterocycles. The first kappa shape index (κ1) is 13.6. The fourth-order valence-electron chi connectivity index (χ4n) is 2.96. The first-order chi connectivity index (χ1) is 9.65. The number of hydrogen-bond donors (Lipinski definition) is 2. The normalized spacial score (nSPS) is 25.1. The van der Waals surface area contributed by atoms with Gasteiger partial charge in [-0.3, -0.25) is 4.90 Å². The van der Waals surface area contributed by atoms with Gasteiger partial charge in [0, 0.05) is 16.8 Å². The number of fused-ring (bicyclic) bond motifs is 1. The number of anilines is 1. The SMILES string of the molecule is O=C(Nc1cccc(Cl)c1)N1C(=S)NC2CCCCC21. The molecule has 1 aromatic carbocycles. The van der Waals surface area contributed by atoms with Crippen LogP contribution in [0.1, 0.15) is 25.7 Å². The van der Waals surface area contributed by atoms with Gasteiger partial charge in [-0.1, -0.05) is 30.5 Å². The van der Waals surface area contributed by atoms with Gasteiger partial charge in [0.25, 0.3) is 0 Å². The Morgan fingerprint density at radius 3 is 3.00 bits per heavy atom. The summed E-state index contributed by atoms with van der Waals surface area (Å²) < 4.78 is 0. The summed E-state index contributed by atoms with van der Waals surface area (Å²) in [7, 11) is 0. The lowest BCUT2D eigenvalue weighted by Gasteiger charge is -2.29. The number of halogens is 1. The molecule has 1 aliphatic carbocycles. The number of carbonyl (C=O) groups is 1. The molecule has 6 heteroatoms. The topological polar surface area (TPSA) is 44.4 Å². The summed E-state index contributed by atoms with van der Waals surface area (Å²) in [5.74, 6) is 0. The molecule has 1 saturated carbocycles. The zero-order valence-electron chi connectivity index (χ0n) is 10.9. The number of thiocarbonyl (C=S) groups is 1. The minimum absolute atomic E-state index is 0.176. The molecule has 0 aromatic heterocycles. The molecular formula is C14H16ClN3OS. The third-order valence-corrected chi connectivity index (χ3v) is 4.43. The van der Waals surface area contributed by atoms with Gasteiger partial charge in [-0.15, -0.1) is 0 Å². The van der Waals surface area contributed by atoms with Gasteiger partial charge in [0.1, 0.15) is 0 Å². The van der Waals surface area contributed by atoms with Crippen LogP contribution in [0.2, 0.25) is 5.02 Å². The molecule has 0 radical (unpaired) electrons. The lowest BCUT2D eigenvalue weighted by atomic mass is 9.91. The van der Waals surface area contributed by atoms with Crippen LogP contribution in [0.4, 0.5) is 10.5 Å². The van der Waals surface area contributed by atoms with Crippen molar-refractivity contribution in [3.63, 3.8) is 0 Å². The van der Waals surface area contributed by atoms with Crippen molar-refractivity contribution in [3.8, 4) is 0 Å². The van der Waals surface area contributed by atoms with Gasteiger partial charge in [0.15, 0.2) is 5.11 Å². The zero-order chi connectivity index (χ0) is 14.1. The molecule has 2 N–H and O–H groups in total. The van der Waals surface area contributed by atoms with E-state index < -0.39 is 0 Å². The largest absolute Gasteiger partial charge is 0.357 e. The maximum Gasteiger partial charge on any atom is 0.328 e. The summed E-state index contributed by atoms with van der Waals surface area (Å²) in [6.45, 7) is 0. The third kappa shape index (κ3) is 2.60. The first-order valence-corrected chi connectivity index (χ1v) is 7.60. The van der Waals surface area contributed by atoms with Crippen LogP contribution in [-0.2, 0) is 0 Å². The van der Waals surface area contributed by atoms with Gasteiger partial charge in [0.2, 0.25) is 0 Å². The Hall–Kier alpha value is -1.33. The van der Waals surface area contributed by atoms with Crippen molar-refractivity contribution in [1.82, 2.24) is 10.2 Å². The predicted molar refractivity (Wildman–Crippen MR) is 84.1 cm³/mol. The highest BCUT2D eigenvalue weighted by Gasteiger charge is 2.41. The number of nitrogens with one attached hydrogen (secondary N) is 2. The summed E-state index contributed by atoms with van der Waals surface area (Å²) in [6, 6.07) is 7.42. The van der Waals surface area contributed by atoms with Crippen LogP contribution in [0.25, 0.3) is 0 Å². The van der Waals surface area contributed by atoms with Crippen molar-refractivity contribution < 1.29 is 4.79 Å². The van der Waals surface area contributed by atoms with Crippen molar-refractivity contribution in [2.45, 2.75) is 37.8 Å². The molecule has 2 amide bonds. The van der Waals surface area contributed by atoms with Gasteiger partial charge >= 0.3 is 6.03 Å². The highest BCUT2D eigenvalue weighted by molar-refractivity contribution is 7.80. The summed E-state index contributed by atoms with van der Waals surface area (Å²) in [5.41, 5.74) is 0.685. The monoisotopic (exact) mass is 309 g/mol. The van der Waals surface area contributed by atoms with E-state index in [1.807, 2.05) is 12.1 Å². The number of nitrogens with zero attached hydrogens (tertiary/aromatic N) is 1. The maximum atomic E-state index is 12.4. The molecule has 106 valence electrons. The molecular weight excluding hydrogens is 294 g/mol. The number of benzene rings is 1. The van der Waals surface area contributed by atoms with Crippen LogP contribution in [0.3, 0.4) is 0 Å². The fourth-order valence-corrected chi connectivity index (χ4v) is 3.52. The molecule has 2 fully saturated rings. The number of hydrogen-bond acceptors (Lipinski definition) is 2. The smallest absolute Gasteiger partial charge is 0.328 e. The van der Waals surface area contributed by atoms with E-state index in [1.54, 1.807) is 17.0 Å². The number of urea groups is 1. The summed E-state index contributed by atoms with van der Waals surface area (Å²) in [6.07, 6.45) is 4.42. The second-order valence-corrected chi connectivity index (χ2v) is 6.04. The quantitative estimate of drug-likeness (QED) is 0.782. The molecule has 0 bridgehead atoms. The standard InChI is InChI=1S/C14H16ClN3OS/c15-9-4-3-5-10(8-9)16-13(19)18-12-7-2-1-6-11(12)17-14(18)20/h3-5,8,11-12H,1-2,6-7H2,(H,16,19)(H,17,20). The van der Waals surface area contributed by atoms with E-state index in [0.717, 1.165) is 19.3 Å². The van der Waals surface area contributed by atoms with E-state index >= 15 is 0 Å². The lowest BCUT2D eigenvalue weighted by molar-refractivity contribution is 0.212. The van der Waals surface area contributed by atoms with E-state index in [2.05, 4.69) is 10.6 Å². The summed E-state index contributed by atoms with van der Waals surface area (Å²) in [4.78, 5) is 14.1. The van der Waals surface area contributed by atoms with E-state index in [0.29, 0.717) is 21.9 Å². The van der Waals surface area contributed by atoms with Gasteiger partial charge in [0.05, 0.1) is 6.04 Å². The van der Waals surface area contributed by atoms with E-state index in [-0.39, 0.29) is 12.1 Å². The van der Waals surface area contributed by atoms with Gasteiger partial charge in [-0.2, -0.15) is 0 Å². The average Bonchev–Trinajstić information content (AvgIpc) is 2.74. The highest BCUT2D eigenvalue weighted by atomic mass is 35.5. The van der Waals surface area contributed by atoms with Crippen LogP contribution in [-0.4, -0.2) is 28.1 Å². The Morgan fingerprint density at radius 2 is 2.20 bits per heavy atom. The Morgan fingerprint density at radius 1 is 1.40 bits per heavy atom. The van der Waals surface area contributed by atoms with Crippen molar-refractivity contribution >= 4 is 40.6 Å². The average molecular weight is 310 g/mol. The van der Waals surface area contributed by atoms with Crippen molar-refractivity contribution in [1.29, 1.82) is 0 Å². The zero-order valence-corrected chi connectivity index (χ0v) is 12.5. The molecule has 2 unspecified atom stereocenters. The molecule has 2 aliphatic rings. The highest BCUT2D eigenvalue weighted by Crippen LogP contribution is 2.28. The van der Waals surface area contributed by atoms with Crippen LogP contribution in [0.15, 0.2) is 24.3 Å². The third-order valence-electron chi connectivity index (χ3n) is 3.88. The van der Waals surface area contributed by atoms with Gasteiger partial charge in [-0.25, -0.2) is 4.79 Å². The molecule has 2 atom stereocenters. The molecule has 1 aliphatic heterocycles. The molecule has 0 spiro atoms. The Balaban J connectivity index is 1.74. The van der Waals surface area contributed by atoms with Crippen LogP contribution < -0.4 is 10.6 Å². The summed E-state index contributed by atoms with van der Waals surface area (Å²) in [5, 5.41) is 7.24. The van der Waals surface area contributed by atoms with Gasteiger partial charge in [-0.05, 0) is 43.3 Å².